The topological polar surface area (TPSA) is 24.9 Å². The maximum absolute atomic E-state index is 6.47. The van der Waals surface area contributed by atoms with Gasteiger partial charge in [0.05, 0.1) is 0 Å². The normalized spacial score (nSPS) is 20.3. The van der Waals surface area contributed by atoms with Crippen molar-refractivity contribution in [3.63, 3.8) is 0 Å². The van der Waals surface area contributed by atoms with Gasteiger partial charge in [-0.1, -0.05) is 0 Å². The smallest absolute Gasteiger partial charge is 0.208 e. The maximum atomic E-state index is 6.47. The molecule has 188 valence electrons. The predicted octanol–water partition coefficient (Wildman–Crippen LogP) is 7.07. The number of hydrogen-bond donors (Lipinski definition) is 0. The third kappa shape index (κ3) is 3.88. The first-order valence-corrected chi connectivity index (χ1v) is 13.3. The fourth-order valence-corrected chi connectivity index (χ4v) is 6.30. The van der Waals surface area contributed by atoms with Crippen molar-refractivity contribution in [2.24, 2.45) is 0 Å². The predicted molar refractivity (Wildman–Crippen MR) is 145 cm³/mol. The molecule has 2 aromatic carbocycles. The van der Waals surface area contributed by atoms with Crippen LogP contribution >= 0.6 is 0 Å². The Morgan fingerprint density at radius 1 is 0.571 bits per heavy atom. The highest BCUT2D eigenvalue weighted by Crippen LogP contribution is 2.47. The summed E-state index contributed by atoms with van der Waals surface area (Å²) < 4.78 is 12.9. The molecule has 0 aliphatic carbocycles. The molecular formula is C31H42N2O2. The van der Waals surface area contributed by atoms with E-state index in [1.165, 1.54) is 55.9 Å². The van der Waals surface area contributed by atoms with E-state index in [0.717, 1.165) is 50.3 Å². The summed E-state index contributed by atoms with van der Waals surface area (Å²) >= 11 is 0. The molecule has 0 spiro atoms. The lowest BCUT2D eigenvalue weighted by Crippen LogP contribution is -2.34. The summed E-state index contributed by atoms with van der Waals surface area (Å²) in [4.78, 5) is 4.70. The Bertz CT molecular complexity index is 1110. The van der Waals surface area contributed by atoms with Gasteiger partial charge in [0.25, 0.3) is 0 Å². The van der Waals surface area contributed by atoms with Gasteiger partial charge in [0.1, 0.15) is 22.7 Å². The molecule has 1 saturated heterocycles. The molecule has 0 atom stereocenters. The molecule has 35 heavy (non-hydrogen) atoms. The zero-order chi connectivity index (χ0) is 25.4. The van der Waals surface area contributed by atoms with Gasteiger partial charge in [-0.15, -0.1) is 0 Å². The Hall–Kier alpha value is -2.36. The van der Waals surface area contributed by atoms with Crippen molar-refractivity contribution < 1.29 is 9.47 Å². The molecule has 2 aromatic rings. The van der Waals surface area contributed by atoms with Gasteiger partial charge in [-0.25, -0.2) is 0 Å². The summed E-state index contributed by atoms with van der Waals surface area (Å²) in [5, 5.41) is 0. The van der Waals surface area contributed by atoms with Crippen LogP contribution in [-0.4, -0.2) is 24.3 Å². The molecule has 0 aromatic heterocycles. The highest BCUT2D eigenvalue weighted by atomic mass is 16.5. The fraction of sp³-hybridized carbons (Fsp3) is 0.581. The van der Waals surface area contributed by atoms with Gasteiger partial charge in [0, 0.05) is 24.5 Å². The van der Waals surface area contributed by atoms with Crippen molar-refractivity contribution in [2.45, 2.75) is 106 Å². The number of hydrogen-bond acceptors (Lipinski definition) is 4. The molecule has 1 fully saturated rings. The Balaban J connectivity index is 1.50. The number of anilines is 2. The first-order chi connectivity index (χ1) is 16.3. The largest absolute Gasteiger partial charge is 0.487 e. The summed E-state index contributed by atoms with van der Waals surface area (Å²) in [5.74, 6) is 2.21. The lowest BCUT2D eigenvalue weighted by molar-refractivity contribution is 0.0830. The van der Waals surface area contributed by atoms with E-state index in [4.69, 9.17) is 9.47 Å². The zero-order valence-electron chi connectivity index (χ0n) is 23.5. The van der Waals surface area contributed by atoms with Crippen LogP contribution in [-0.2, 0) is 12.8 Å². The molecular weight excluding hydrogens is 432 g/mol. The van der Waals surface area contributed by atoms with Crippen molar-refractivity contribution >= 4 is 11.4 Å². The van der Waals surface area contributed by atoms with Crippen LogP contribution in [0.5, 0.6) is 11.5 Å². The molecule has 0 amide bonds. The molecule has 0 unspecified atom stereocenters. The van der Waals surface area contributed by atoms with Crippen LogP contribution in [0.25, 0.3) is 0 Å². The van der Waals surface area contributed by atoms with Crippen LogP contribution in [0.1, 0.15) is 85.0 Å². The Morgan fingerprint density at radius 3 is 1.31 bits per heavy atom. The van der Waals surface area contributed by atoms with Crippen molar-refractivity contribution in [1.29, 1.82) is 0 Å². The number of nitrogens with zero attached hydrogens (tertiary/aromatic N) is 2. The van der Waals surface area contributed by atoms with Gasteiger partial charge in [-0.05, 0) is 139 Å². The molecule has 5 rings (SSSR count). The highest BCUT2D eigenvalue weighted by Gasteiger charge is 2.36. The summed E-state index contributed by atoms with van der Waals surface area (Å²) in [7, 11) is 0. The van der Waals surface area contributed by atoms with Crippen LogP contribution in [0.15, 0.2) is 0 Å². The number of rotatable bonds is 2. The first kappa shape index (κ1) is 24.3. The second kappa shape index (κ2) is 8.08. The lowest BCUT2D eigenvalue weighted by atomic mass is 9.87. The SMILES string of the molecule is Cc1c(C)c(N2[C]N(c3c(C)c(C)c4c(c3C)CCC(C)(C)O4)CC2)c(C)c2c1OC(C)(C)CC2. The molecule has 0 N–H and O–H groups in total. The third-order valence-electron chi connectivity index (χ3n) is 8.72. The minimum absolute atomic E-state index is 0.0981. The minimum atomic E-state index is -0.0981. The van der Waals surface area contributed by atoms with Crippen molar-refractivity contribution in [3.8, 4) is 11.5 Å². The van der Waals surface area contributed by atoms with Gasteiger partial charge in [-0.2, -0.15) is 0 Å². The molecule has 3 aliphatic heterocycles. The molecule has 3 heterocycles. The monoisotopic (exact) mass is 474 g/mol. The molecule has 0 bridgehead atoms. The van der Waals surface area contributed by atoms with E-state index in [9.17, 15) is 0 Å². The van der Waals surface area contributed by atoms with E-state index in [2.05, 4.69) is 85.7 Å². The lowest BCUT2D eigenvalue weighted by Gasteiger charge is -2.37. The maximum Gasteiger partial charge on any atom is 0.208 e. The molecule has 4 nitrogen and oxygen atoms in total. The van der Waals surface area contributed by atoms with E-state index < -0.39 is 0 Å². The van der Waals surface area contributed by atoms with Crippen molar-refractivity contribution in [1.82, 2.24) is 0 Å². The summed E-state index contributed by atoms with van der Waals surface area (Å²) in [5.41, 5.74) is 13.0. The Kier molecular flexibility index (Phi) is 5.62. The third-order valence-corrected chi connectivity index (χ3v) is 8.72. The Labute approximate surface area is 212 Å². The van der Waals surface area contributed by atoms with Crippen LogP contribution in [0, 0.1) is 48.2 Å². The molecule has 4 heteroatoms. The quantitative estimate of drug-likeness (QED) is 0.465. The summed E-state index contributed by atoms with van der Waals surface area (Å²) in [6, 6.07) is 0. The molecule has 2 radical (unpaired) electrons. The van der Waals surface area contributed by atoms with Crippen LogP contribution in [0.2, 0.25) is 0 Å². The van der Waals surface area contributed by atoms with Gasteiger partial charge in [0.2, 0.25) is 6.67 Å². The number of ether oxygens (including phenoxy) is 2. The second-order valence-electron chi connectivity index (χ2n) is 12.2. The van der Waals surface area contributed by atoms with Crippen molar-refractivity contribution in [3.05, 3.63) is 51.2 Å². The fourth-order valence-electron chi connectivity index (χ4n) is 6.30. The van der Waals surface area contributed by atoms with Crippen LogP contribution in [0.3, 0.4) is 0 Å². The number of fused-ring (bicyclic) bond motifs is 2. The van der Waals surface area contributed by atoms with E-state index >= 15 is 0 Å². The van der Waals surface area contributed by atoms with Crippen LogP contribution < -0.4 is 19.3 Å². The first-order valence-electron chi connectivity index (χ1n) is 13.3. The summed E-state index contributed by atoms with van der Waals surface area (Å²) in [6.45, 7) is 27.9. The van der Waals surface area contributed by atoms with E-state index in [-0.39, 0.29) is 11.2 Å². The average Bonchev–Trinajstić information content (AvgIpc) is 3.24. The molecule has 3 aliphatic rings. The number of benzene rings is 2. The summed E-state index contributed by atoms with van der Waals surface area (Å²) in [6.07, 6.45) is 4.23. The van der Waals surface area contributed by atoms with E-state index in [1.807, 2.05) is 0 Å². The zero-order valence-corrected chi connectivity index (χ0v) is 23.5. The van der Waals surface area contributed by atoms with Crippen LogP contribution in [0.4, 0.5) is 11.4 Å². The second-order valence-corrected chi connectivity index (χ2v) is 12.2. The Morgan fingerprint density at radius 2 is 0.943 bits per heavy atom. The van der Waals surface area contributed by atoms with Gasteiger partial charge < -0.3 is 19.3 Å². The van der Waals surface area contributed by atoms with Gasteiger partial charge in [-0.3, -0.25) is 0 Å². The molecule has 0 saturated carbocycles. The average molecular weight is 475 g/mol. The standard InChI is InChI=1S/C31H42N2O2/c1-18-20(3)28-24(11-13-30(7,8)34-28)22(5)26(18)32-15-16-33(17-32)27-19(2)21(4)29-25(23(27)6)12-14-31(9,10)35-29/h11-16H2,1-10H3. The van der Waals surface area contributed by atoms with E-state index in [1.54, 1.807) is 0 Å². The highest BCUT2D eigenvalue weighted by molar-refractivity contribution is 5.75. The minimum Gasteiger partial charge on any atom is -0.487 e. The van der Waals surface area contributed by atoms with E-state index in [0.29, 0.717) is 0 Å². The van der Waals surface area contributed by atoms with Gasteiger partial charge >= 0.3 is 0 Å². The van der Waals surface area contributed by atoms with Gasteiger partial charge in [0.15, 0.2) is 0 Å². The van der Waals surface area contributed by atoms with Crippen molar-refractivity contribution in [2.75, 3.05) is 22.9 Å².